The number of urea groups is 2. The molecule has 3 N–H and O–H groups in total. The number of amides is 6. The predicted molar refractivity (Wildman–Crippen MR) is 186 cm³/mol. The molecule has 0 unspecified atom stereocenters. The van der Waals surface area contributed by atoms with Crippen LogP contribution in [-0.2, 0) is 11.4 Å². The molecule has 2 heterocycles. The minimum Gasteiger partial charge on any atom is -0.487 e. The molecule has 12 nitrogen and oxygen atoms in total. The van der Waals surface area contributed by atoms with Crippen molar-refractivity contribution in [2.45, 2.75) is 13.5 Å². The number of halogens is 2. The lowest BCUT2D eigenvalue weighted by atomic mass is 10.1. The summed E-state index contributed by atoms with van der Waals surface area (Å²) in [5, 5.41) is 9.34. The zero-order valence-electron chi connectivity index (χ0n) is 26.7. The van der Waals surface area contributed by atoms with Crippen molar-refractivity contribution in [3.05, 3.63) is 93.6 Å². The van der Waals surface area contributed by atoms with Gasteiger partial charge in [0.1, 0.15) is 17.9 Å². The maximum Gasteiger partial charge on any atom is 0.319 e. The molecule has 1 aliphatic heterocycles. The number of nitrogens with one attached hydrogen (secondary N) is 3. The van der Waals surface area contributed by atoms with Gasteiger partial charge in [0.15, 0.2) is 0 Å². The van der Waals surface area contributed by atoms with E-state index in [-0.39, 0.29) is 30.1 Å². The van der Waals surface area contributed by atoms with Crippen molar-refractivity contribution in [1.29, 1.82) is 0 Å². The summed E-state index contributed by atoms with van der Waals surface area (Å²) >= 11 is 13.2. The molecule has 14 heteroatoms. The van der Waals surface area contributed by atoms with Gasteiger partial charge in [0, 0.05) is 73.2 Å². The van der Waals surface area contributed by atoms with Crippen LogP contribution in [0.4, 0.5) is 21.0 Å². The third kappa shape index (κ3) is 7.89. The molecular formula is C34H35Cl2N7O5. The number of aryl methyl sites for hydroxylation is 1. The van der Waals surface area contributed by atoms with Crippen LogP contribution >= 0.6 is 23.2 Å². The van der Waals surface area contributed by atoms with Gasteiger partial charge in [0.25, 0.3) is 5.91 Å². The smallest absolute Gasteiger partial charge is 0.319 e. The molecule has 48 heavy (non-hydrogen) atoms. The van der Waals surface area contributed by atoms with Gasteiger partial charge in [-0.1, -0.05) is 47.5 Å². The van der Waals surface area contributed by atoms with Crippen LogP contribution in [0.3, 0.4) is 0 Å². The maximum absolute atomic E-state index is 13.1. The second kappa shape index (κ2) is 15.2. The molecule has 0 spiro atoms. The number of carbonyl (C=O) groups is 4. The molecule has 0 saturated carbocycles. The average Bonchev–Trinajstić information content (AvgIpc) is 3.09. The molecule has 0 atom stereocenters. The molecule has 4 aromatic rings. The first-order valence-electron chi connectivity index (χ1n) is 15.2. The molecule has 1 aromatic heterocycles. The van der Waals surface area contributed by atoms with Gasteiger partial charge in [-0.2, -0.15) is 0 Å². The van der Waals surface area contributed by atoms with Crippen LogP contribution in [0.1, 0.15) is 21.6 Å². The first-order chi connectivity index (χ1) is 23.0. The number of piperazine rings is 1. The number of carbonyl (C=O) groups excluding carboxylic acids is 4. The van der Waals surface area contributed by atoms with Crippen molar-refractivity contribution in [3.63, 3.8) is 0 Å². The lowest BCUT2D eigenvalue weighted by Crippen LogP contribution is -2.52. The van der Waals surface area contributed by atoms with E-state index in [0.717, 1.165) is 11.1 Å². The highest BCUT2D eigenvalue weighted by Gasteiger charge is 2.25. The fourth-order valence-corrected chi connectivity index (χ4v) is 5.83. The number of para-hydroxylation sites is 1. The monoisotopic (exact) mass is 691 g/mol. The van der Waals surface area contributed by atoms with E-state index in [1.54, 1.807) is 60.3 Å². The largest absolute Gasteiger partial charge is 0.487 e. The summed E-state index contributed by atoms with van der Waals surface area (Å²) < 4.78 is 6.09. The fraction of sp³-hybridized carbons (Fsp3) is 0.265. The second-order valence-electron chi connectivity index (χ2n) is 11.1. The van der Waals surface area contributed by atoms with Crippen LogP contribution in [0.15, 0.2) is 66.7 Å². The molecule has 0 bridgehead atoms. The zero-order valence-corrected chi connectivity index (χ0v) is 28.2. The van der Waals surface area contributed by atoms with Gasteiger partial charge in [-0.15, -0.1) is 0 Å². The molecule has 250 valence electrons. The Bertz CT molecular complexity index is 1860. The molecular weight excluding hydrogens is 657 g/mol. The van der Waals surface area contributed by atoms with Crippen molar-refractivity contribution >= 4 is 69.4 Å². The number of pyridine rings is 1. The van der Waals surface area contributed by atoms with Gasteiger partial charge in [0.2, 0.25) is 5.91 Å². The lowest BCUT2D eigenvalue weighted by molar-refractivity contribution is -0.117. The maximum atomic E-state index is 13.1. The molecule has 1 saturated heterocycles. The Morgan fingerprint density at radius 2 is 1.67 bits per heavy atom. The highest BCUT2D eigenvalue weighted by atomic mass is 35.5. The third-order valence-corrected chi connectivity index (χ3v) is 8.71. The summed E-state index contributed by atoms with van der Waals surface area (Å²) in [5.74, 6) is -0.0697. The summed E-state index contributed by atoms with van der Waals surface area (Å²) in [6.45, 7) is 3.25. The Kier molecular flexibility index (Phi) is 10.9. The molecule has 1 fully saturated rings. The molecule has 5 rings (SSSR count). The van der Waals surface area contributed by atoms with Gasteiger partial charge in [-0.05, 0) is 49.4 Å². The number of anilines is 2. The number of fused-ring (bicyclic) bond motifs is 1. The van der Waals surface area contributed by atoms with Gasteiger partial charge < -0.3 is 35.4 Å². The summed E-state index contributed by atoms with van der Waals surface area (Å²) in [6.07, 6.45) is 0. The topological polar surface area (TPSA) is 136 Å². The third-order valence-electron chi connectivity index (χ3n) is 7.93. The standard InChI is InChI=1S/C34H35Cl2N7O5/c1-21-10-11-22-6-5-9-28(31(22)39-21)48-20-25-26(35)12-13-27(30(25)36)41(3)29(44)19-38-33(46)40-24-8-4-7-23(18-24)32(45)42-14-16-43(17-15-42)34(47)37-2/h4-13,18H,14-17,19-20H2,1-3H3,(H,37,47)(H2,38,40,46). The van der Waals surface area contributed by atoms with Crippen molar-refractivity contribution < 1.29 is 23.9 Å². The first kappa shape index (κ1) is 34.3. The number of aromatic nitrogens is 1. The number of likely N-dealkylation sites (N-methyl/N-ethyl adjacent to an activating group) is 1. The normalized spacial score (nSPS) is 12.8. The first-order valence-corrected chi connectivity index (χ1v) is 15.9. The van der Waals surface area contributed by atoms with E-state index in [1.165, 1.54) is 4.90 Å². The molecule has 1 aliphatic rings. The van der Waals surface area contributed by atoms with Crippen molar-refractivity contribution in [3.8, 4) is 5.75 Å². The van der Waals surface area contributed by atoms with Gasteiger partial charge >= 0.3 is 12.1 Å². The molecule has 0 radical (unpaired) electrons. The average molecular weight is 693 g/mol. The zero-order chi connectivity index (χ0) is 34.4. The Morgan fingerprint density at radius 3 is 2.42 bits per heavy atom. The quantitative estimate of drug-likeness (QED) is 0.229. The van der Waals surface area contributed by atoms with Crippen LogP contribution in [0, 0.1) is 6.92 Å². The molecule has 6 amide bonds. The van der Waals surface area contributed by atoms with E-state index in [1.807, 2.05) is 37.3 Å². The van der Waals surface area contributed by atoms with Crippen LogP contribution in [0.5, 0.6) is 5.75 Å². The fourth-order valence-electron chi connectivity index (χ4n) is 5.23. The van der Waals surface area contributed by atoms with Crippen LogP contribution < -0.4 is 25.6 Å². The van der Waals surface area contributed by atoms with E-state index in [9.17, 15) is 19.2 Å². The van der Waals surface area contributed by atoms with Gasteiger partial charge in [0.05, 0.1) is 17.3 Å². The van der Waals surface area contributed by atoms with Crippen LogP contribution in [-0.4, -0.2) is 85.5 Å². The van der Waals surface area contributed by atoms with Crippen LogP contribution in [0.25, 0.3) is 10.9 Å². The Labute approximate surface area is 287 Å². The highest BCUT2D eigenvalue weighted by Crippen LogP contribution is 2.35. The van der Waals surface area contributed by atoms with Gasteiger partial charge in [-0.3, -0.25) is 9.59 Å². The van der Waals surface area contributed by atoms with Crippen molar-refractivity contribution in [2.75, 3.05) is 57.0 Å². The Hall–Kier alpha value is -5.07. The summed E-state index contributed by atoms with van der Waals surface area (Å²) in [5.41, 5.74) is 3.22. The Morgan fingerprint density at radius 1 is 0.938 bits per heavy atom. The number of ether oxygens (including phenoxy) is 1. The van der Waals surface area contributed by atoms with Crippen LogP contribution in [0.2, 0.25) is 10.0 Å². The lowest BCUT2D eigenvalue weighted by Gasteiger charge is -2.34. The van der Waals surface area contributed by atoms with E-state index < -0.39 is 11.9 Å². The summed E-state index contributed by atoms with van der Waals surface area (Å²) in [6, 6.07) is 18.5. The molecule has 0 aliphatic carbocycles. The minimum atomic E-state index is -0.629. The SMILES string of the molecule is CNC(=O)N1CCN(C(=O)c2cccc(NC(=O)NCC(=O)N(C)c3ccc(Cl)c(COc4cccc5ccc(C)nc45)c3Cl)c2)CC1. The minimum absolute atomic E-state index is 0.0384. The van der Waals surface area contributed by atoms with E-state index >= 15 is 0 Å². The highest BCUT2D eigenvalue weighted by molar-refractivity contribution is 6.38. The van der Waals surface area contributed by atoms with E-state index in [0.29, 0.717) is 65.0 Å². The molecule has 3 aromatic carbocycles. The number of hydrogen-bond acceptors (Lipinski definition) is 6. The number of rotatable bonds is 8. The van der Waals surface area contributed by atoms with E-state index in [2.05, 4.69) is 20.9 Å². The van der Waals surface area contributed by atoms with E-state index in [4.69, 9.17) is 27.9 Å². The number of benzene rings is 3. The predicted octanol–water partition coefficient (Wildman–Crippen LogP) is 5.31. The van der Waals surface area contributed by atoms with Gasteiger partial charge in [-0.25, -0.2) is 14.6 Å². The van der Waals surface area contributed by atoms with Crippen molar-refractivity contribution in [1.82, 2.24) is 25.4 Å². The Balaban J connectivity index is 1.16. The van der Waals surface area contributed by atoms with Crippen molar-refractivity contribution in [2.24, 2.45) is 0 Å². The summed E-state index contributed by atoms with van der Waals surface area (Å²) in [4.78, 5) is 59.9. The summed E-state index contributed by atoms with van der Waals surface area (Å²) in [7, 11) is 3.11. The number of hydrogen-bond donors (Lipinski definition) is 3. The number of nitrogens with zero attached hydrogens (tertiary/aromatic N) is 4. The second-order valence-corrected chi connectivity index (χ2v) is 11.9.